The maximum Gasteiger partial charge on any atom is 0.291 e. The Kier molecular flexibility index (Phi) is 5.66. The largest absolute Gasteiger partial charge is 0.495 e. The molecular weight excluding hydrogens is 400 g/mol. The van der Waals surface area contributed by atoms with Gasteiger partial charge in [0.1, 0.15) is 11.4 Å². The molecule has 9 nitrogen and oxygen atoms in total. The summed E-state index contributed by atoms with van der Waals surface area (Å²) in [5, 5.41) is 0. The van der Waals surface area contributed by atoms with E-state index in [2.05, 4.69) is 9.98 Å². The zero-order valence-corrected chi connectivity index (χ0v) is 17.3. The highest BCUT2D eigenvalue weighted by Gasteiger charge is 2.38. The third-order valence-corrected chi connectivity index (χ3v) is 5.47. The number of methoxy groups -OCH3 is 2. The molecule has 1 aromatic heterocycles. The van der Waals surface area contributed by atoms with Crippen LogP contribution in [0.25, 0.3) is 0 Å². The Morgan fingerprint density at radius 3 is 2.29 bits per heavy atom. The third-order valence-electron chi connectivity index (χ3n) is 5.47. The SMILES string of the molecule is COc1cnc(OC)c2c1C(C(=O)C(=O)N1CCN(C(=O)c3ccccc3)CC1)C=N2. The molecule has 0 spiro atoms. The van der Waals surface area contributed by atoms with Crippen LogP contribution in [-0.4, -0.2) is 79.0 Å². The van der Waals surface area contributed by atoms with Crippen LogP contribution in [-0.2, 0) is 9.59 Å². The number of aromatic nitrogens is 1. The Labute approximate surface area is 179 Å². The van der Waals surface area contributed by atoms with Crippen LogP contribution in [0.3, 0.4) is 0 Å². The van der Waals surface area contributed by atoms with Gasteiger partial charge in [-0.05, 0) is 12.1 Å². The van der Waals surface area contributed by atoms with Gasteiger partial charge in [-0.1, -0.05) is 18.2 Å². The number of fused-ring (bicyclic) bond motifs is 1. The van der Waals surface area contributed by atoms with Crippen LogP contribution < -0.4 is 9.47 Å². The first-order valence-electron chi connectivity index (χ1n) is 9.87. The molecule has 0 bridgehead atoms. The molecule has 1 aromatic carbocycles. The number of benzene rings is 1. The topological polar surface area (TPSA) is 101 Å². The molecule has 1 atom stereocenters. The summed E-state index contributed by atoms with van der Waals surface area (Å²) in [6.45, 7) is 1.31. The number of aliphatic imine (C=N–C) groups is 1. The van der Waals surface area contributed by atoms with E-state index in [4.69, 9.17) is 9.47 Å². The minimum Gasteiger partial charge on any atom is -0.495 e. The molecule has 0 N–H and O–H groups in total. The lowest BCUT2D eigenvalue weighted by molar-refractivity contribution is -0.145. The molecule has 0 saturated carbocycles. The minimum atomic E-state index is -0.863. The van der Waals surface area contributed by atoms with Crippen molar-refractivity contribution in [3.05, 3.63) is 47.7 Å². The summed E-state index contributed by atoms with van der Waals surface area (Å²) in [6, 6.07) is 8.99. The maximum absolute atomic E-state index is 13.0. The highest BCUT2D eigenvalue weighted by Crippen LogP contribution is 2.44. The molecule has 2 aliphatic rings. The molecule has 2 aromatic rings. The molecule has 0 aliphatic carbocycles. The predicted molar refractivity (Wildman–Crippen MR) is 112 cm³/mol. The van der Waals surface area contributed by atoms with Crippen LogP contribution in [0, 0.1) is 0 Å². The quantitative estimate of drug-likeness (QED) is 0.676. The van der Waals surface area contributed by atoms with E-state index in [9.17, 15) is 14.4 Å². The Hall–Kier alpha value is -3.75. The van der Waals surface area contributed by atoms with Crippen LogP contribution in [0.5, 0.6) is 11.6 Å². The number of nitrogens with zero attached hydrogens (tertiary/aromatic N) is 4. The van der Waals surface area contributed by atoms with E-state index in [1.165, 1.54) is 31.5 Å². The van der Waals surface area contributed by atoms with Crippen molar-refractivity contribution in [1.29, 1.82) is 0 Å². The van der Waals surface area contributed by atoms with E-state index in [0.29, 0.717) is 35.7 Å². The molecule has 1 unspecified atom stereocenters. The molecule has 9 heteroatoms. The van der Waals surface area contributed by atoms with Crippen molar-refractivity contribution in [2.75, 3.05) is 40.4 Å². The minimum absolute atomic E-state index is 0.0831. The van der Waals surface area contributed by atoms with Crippen LogP contribution in [0.2, 0.25) is 0 Å². The number of piperazine rings is 1. The second kappa shape index (κ2) is 8.55. The van der Waals surface area contributed by atoms with Gasteiger partial charge in [-0.15, -0.1) is 0 Å². The number of amides is 2. The Morgan fingerprint density at radius 2 is 1.65 bits per heavy atom. The summed E-state index contributed by atoms with van der Waals surface area (Å²) in [6.07, 6.45) is 2.87. The zero-order chi connectivity index (χ0) is 22.0. The fourth-order valence-electron chi connectivity index (χ4n) is 3.80. The number of ketones is 1. The highest BCUT2D eigenvalue weighted by molar-refractivity contribution is 6.42. The second-order valence-electron chi connectivity index (χ2n) is 7.17. The number of ether oxygens (including phenoxy) is 2. The van der Waals surface area contributed by atoms with E-state index >= 15 is 0 Å². The van der Waals surface area contributed by atoms with E-state index in [0.717, 1.165) is 0 Å². The summed E-state index contributed by atoms with van der Waals surface area (Å²) in [7, 11) is 2.93. The maximum atomic E-state index is 13.0. The van der Waals surface area contributed by atoms with Crippen molar-refractivity contribution in [3.63, 3.8) is 0 Å². The summed E-state index contributed by atoms with van der Waals surface area (Å²) in [5.41, 5.74) is 1.48. The van der Waals surface area contributed by atoms with Gasteiger partial charge in [-0.2, -0.15) is 0 Å². The fourth-order valence-corrected chi connectivity index (χ4v) is 3.80. The molecule has 3 heterocycles. The number of carbonyl (C=O) groups is 3. The Morgan fingerprint density at radius 1 is 0.968 bits per heavy atom. The van der Waals surface area contributed by atoms with Crippen LogP contribution >= 0.6 is 0 Å². The summed E-state index contributed by atoms with van der Waals surface area (Å²) >= 11 is 0. The first-order chi connectivity index (χ1) is 15.0. The first kappa shape index (κ1) is 20.5. The normalized spacial score (nSPS) is 17.3. The lowest BCUT2D eigenvalue weighted by Gasteiger charge is -2.34. The van der Waals surface area contributed by atoms with Crippen molar-refractivity contribution >= 4 is 29.5 Å². The number of pyridine rings is 1. The molecular formula is C22H22N4O5. The van der Waals surface area contributed by atoms with Crippen molar-refractivity contribution in [2.45, 2.75) is 5.92 Å². The van der Waals surface area contributed by atoms with Crippen molar-refractivity contribution in [1.82, 2.24) is 14.8 Å². The average Bonchev–Trinajstić information content (AvgIpc) is 3.28. The number of hydrogen-bond acceptors (Lipinski definition) is 7. The second-order valence-corrected chi connectivity index (χ2v) is 7.17. The van der Waals surface area contributed by atoms with Gasteiger partial charge in [-0.3, -0.25) is 19.4 Å². The Bertz CT molecular complexity index is 1050. The zero-order valence-electron chi connectivity index (χ0n) is 17.3. The van der Waals surface area contributed by atoms with E-state index < -0.39 is 17.6 Å². The van der Waals surface area contributed by atoms with Gasteiger partial charge in [0.05, 0.1) is 26.3 Å². The van der Waals surface area contributed by atoms with Gasteiger partial charge < -0.3 is 19.3 Å². The van der Waals surface area contributed by atoms with Crippen molar-refractivity contribution in [2.24, 2.45) is 4.99 Å². The number of hydrogen-bond donors (Lipinski definition) is 0. The molecule has 1 fully saturated rings. The molecule has 4 rings (SSSR count). The molecule has 2 amide bonds. The average molecular weight is 422 g/mol. The summed E-state index contributed by atoms with van der Waals surface area (Å²) in [4.78, 5) is 50.1. The Balaban J connectivity index is 1.45. The van der Waals surface area contributed by atoms with Gasteiger partial charge in [0.25, 0.3) is 11.8 Å². The van der Waals surface area contributed by atoms with Crippen LogP contribution in [0.1, 0.15) is 21.8 Å². The first-order valence-corrected chi connectivity index (χ1v) is 9.87. The molecule has 2 aliphatic heterocycles. The summed E-state index contributed by atoms with van der Waals surface area (Å²) in [5.74, 6) is -1.51. The third kappa shape index (κ3) is 3.74. The van der Waals surface area contributed by atoms with E-state index in [-0.39, 0.29) is 24.9 Å². The fraction of sp³-hybridized carbons (Fsp3) is 0.318. The van der Waals surface area contributed by atoms with E-state index in [1.54, 1.807) is 17.0 Å². The highest BCUT2D eigenvalue weighted by atomic mass is 16.5. The standard InChI is InChI=1S/C22H22N4O5/c1-30-16-13-24-20(31-2)18-17(16)15(12-23-18)19(27)22(29)26-10-8-25(9-11-26)21(28)14-6-4-3-5-7-14/h3-7,12-13,15H,8-11H2,1-2H3. The predicted octanol–water partition coefficient (Wildman–Crippen LogP) is 1.45. The number of rotatable bonds is 5. The van der Waals surface area contributed by atoms with Crippen LogP contribution in [0.4, 0.5) is 5.69 Å². The smallest absolute Gasteiger partial charge is 0.291 e. The van der Waals surface area contributed by atoms with Crippen LogP contribution in [0.15, 0.2) is 41.5 Å². The number of carbonyl (C=O) groups excluding carboxylic acids is 3. The van der Waals surface area contributed by atoms with E-state index in [1.807, 2.05) is 18.2 Å². The number of Topliss-reactive ketones (excluding diaryl/α,β-unsaturated/α-hetero) is 1. The monoisotopic (exact) mass is 422 g/mol. The van der Waals surface area contributed by atoms with Gasteiger partial charge in [0.2, 0.25) is 11.7 Å². The van der Waals surface area contributed by atoms with Gasteiger partial charge in [0.15, 0.2) is 0 Å². The summed E-state index contributed by atoms with van der Waals surface area (Å²) < 4.78 is 10.5. The lowest BCUT2D eigenvalue weighted by Crippen LogP contribution is -2.52. The lowest BCUT2D eigenvalue weighted by atomic mass is 9.95. The van der Waals surface area contributed by atoms with Gasteiger partial charge in [-0.25, -0.2) is 4.98 Å². The van der Waals surface area contributed by atoms with Gasteiger partial charge >= 0.3 is 0 Å². The van der Waals surface area contributed by atoms with Crippen molar-refractivity contribution in [3.8, 4) is 11.6 Å². The van der Waals surface area contributed by atoms with Crippen molar-refractivity contribution < 1.29 is 23.9 Å². The molecule has 160 valence electrons. The van der Waals surface area contributed by atoms with Gasteiger partial charge in [0, 0.05) is 43.5 Å². The molecule has 31 heavy (non-hydrogen) atoms. The molecule has 0 radical (unpaired) electrons. The molecule has 1 saturated heterocycles.